The summed E-state index contributed by atoms with van der Waals surface area (Å²) in [6.45, 7) is 4.30. The minimum absolute atomic E-state index is 0.224. The third kappa shape index (κ3) is 3.45. The normalized spacial score (nSPS) is 15.5. The van der Waals surface area contributed by atoms with Gasteiger partial charge in [0.05, 0.1) is 5.02 Å². The maximum absolute atomic E-state index is 10.6. The summed E-state index contributed by atoms with van der Waals surface area (Å²) < 4.78 is 0. The Morgan fingerprint density at radius 2 is 1.81 bits per heavy atom. The van der Waals surface area contributed by atoms with E-state index in [1.165, 1.54) is 0 Å². The third-order valence-corrected chi connectivity index (χ3v) is 5.38. The number of hydrogen-bond donors (Lipinski definition) is 1. The molecule has 3 aromatic rings. The number of anilines is 1. The minimum Gasteiger partial charge on any atom is -0.505 e. The van der Waals surface area contributed by atoms with Crippen LogP contribution >= 0.6 is 23.2 Å². The van der Waals surface area contributed by atoms with E-state index in [-0.39, 0.29) is 5.75 Å². The molecular weight excluding hydrogens is 369 g/mol. The molecule has 0 bridgehead atoms. The van der Waals surface area contributed by atoms with E-state index in [1.807, 2.05) is 36.4 Å². The number of phenols is 1. The second-order valence-corrected chi connectivity index (χ2v) is 7.35. The molecule has 0 saturated carbocycles. The standard InChI is InChI=1S/C20H19Cl2N3O/c21-15-3-1-4-16(12-15)25-9-7-24(8-10-25)13-14-11-18(22)17-5-2-6-23-19(17)20(14)26/h1-6,11-12,26H,7-10,13H2. The number of fused-ring (bicyclic) bond motifs is 1. The van der Waals surface area contributed by atoms with Crippen LogP contribution in [0.15, 0.2) is 48.7 Å². The van der Waals surface area contributed by atoms with Crippen molar-refractivity contribution in [1.82, 2.24) is 9.88 Å². The highest BCUT2D eigenvalue weighted by atomic mass is 35.5. The Morgan fingerprint density at radius 3 is 2.58 bits per heavy atom. The van der Waals surface area contributed by atoms with Crippen LogP contribution < -0.4 is 4.90 Å². The fourth-order valence-electron chi connectivity index (χ4n) is 3.44. The summed E-state index contributed by atoms with van der Waals surface area (Å²) in [5.41, 5.74) is 2.53. The Labute approximate surface area is 162 Å². The van der Waals surface area contributed by atoms with Crippen molar-refractivity contribution in [2.75, 3.05) is 31.1 Å². The summed E-state index contributed by atoms with van der Waals surface area (Å²) in [7, 11) is 0. The Kier molecular flexibility index (Phi) is 4.90. The van der Waals surface area contributed by atoms with Crippen LogP contribution in [0.25, 0.3) is 10.9 Å². The molecule has 1 saturated heterocycles. The molecular formula is C20H19Cl2N3O. The summed E-state index contributed by atoms with van der Waals surface area (Å²) in [5, 5.41) is 12.8. The van der Waals surface area contributed by atoms with Crippen molar-refractivity contribution >= 4 is 39.8 Å². The van der Waals surface area contributed by atoms with Crippen LogP contribution in [0.5, 0.6) is 5.75 Å². The van der Waals surface area contributed by atoms with Crippen molar-refractivity contribution in [2.24, 2.45) is 0 Å². The first-order valence-electron chi connectivity index (χ1n) is 8.60. The fourth-order valence-corrected chi connectivity index (χ4v) is 3.91. The Balaban J connectivity index is 1.48. The second kappa shape index (κ2) is 7.31. The van der Waals surface area contributed by atoms with E-state index in [0.717, 1.165) is 47.8 Å². The minimum atomic E-state index is 0.224. The molecule has 0 spiro atoms. The van der Waals surface area contributed by atoms with Crippen LogP contribution in [0.2, 0.25) is 10.0 Å². The first-order valence-corrected chi connectivity index (χ1v) is 9.35. The van der Waals surface area contributed by atoms with Gasteiger partial charge in [0.25, 0.3) is 0 Å². The average Bonchev–Trinajstić information content (AvgIpc) is 2.66. The molecule has 0 aliphatic carbocycles. The summed E-state index contributed by atoms with van der Waals surface area (Å²) in [4.78, 5) is 8.93. The van der Waals surface area contributed by atoms with Gasteiger partial charge < -0.3 is 10.0 Å². The molecule has 1 aromatic heterocycles. The quantitative estimate of drug-likeness (QED) is 0.714. The molecule has 4 nitrogen and oxygen atoms in total. The maximum Gasteiger partial charge on any atom is 0.146 e. The zero-order chi connectivity index (χ0) is 18.1. The highest BCUT2D eigenvalue weighted by molar-refractivity contribution is 6.35. The Hall–Kier alpha value is -2.01. The highest BCUT2D eigenvalue weighted by Crippen LogP contribution is 2.33. The van der Waals surface area contributed by atoms with E-state index in [4.69, 9.17) is 23.2 Å². The zero-order valence-corrected chi connectivity index (χ0v) is 15.7. The topological polar surface area (TPSA) is 39.6 Å². The number of aromatic hydroxyl groups is 1. The van der Waals surface area contributed by atoms with Gasteiger partial charge in [-0.05, 0) is 36.4 Å². The number of phenolic OH excluding ortho intramolecular Hbond substituents is 1. The van der Waals surface area contributed by atoms with Crippen LogP contribution in [0.3, 0.4) is 0 Å². The van der Waals surface area contributed by atoms with Gasteiger partial charge in [0.1, 0.15) is 11.3 Å². The summed E-state index contributed by atoms with van der Waals surface area (Å²) >= 11 is 12.5. The zero-order valence-electron chi connectivity index (χ0n) is 14.2. The van der Waals surface area contributed by atoms with Crippen molar-refractivity contribution in [3.8, 4) is 5.75 Å². The molecule has 26 heavy (non-hydrogen) atoms. The SMILES string of the molecule is Oc1c(CN2CCN(c3cccc(Cl)c3)CC2)cc(Cl)c2cccnc12. The average molecular weight is 388 g/mol. The van der Waals surface area contributed by atoms with Gasteiger partial charge in [-0.1, -0.05) is 29.3 Å². The number of hydrogen-bond acceptors (Lipinski definition) is 4. The molecule has 6 heteroatoms. The molecule has 2 aromatic carbocycles. The molecule has 2 heterocycles. The van der Waals surface area contributed by atoms with E-state index in [9.17, 15) is 5.11 Å². The number of aromatic nitrogens is 1. The van der Waals surface area contributed by atoms with Crippen molar-refractivity contribution in [3.63, 3.8) is 0 Å². The predicted octanol–water partition coefficient (Wildman–Crippen LogP) is 4.57. The third-order valence-electron chi connectivity index (χ3n) is 4.83. The molecule has 1 fully saturated rings. The largest absolute Gasteiger partial charge is 0.505 e. The van der Waals surface area contributed by atoms with E-state index in [1.54, 1.807) is 6.20 Å². The van der Waals surface area contributed by atoms with Crippen molar-refractivity contribution < 1.29 is 5.11 Å². The first kappa shape index (κ1) is 17.4. The number of benzene rings is 2. The van der Waals surface area contributed by atoms with Crippen molar-refractivity contribution in [3.05, 3.63) is 64.3 Å². The van der Waals surface area contributed by atoms with Crippen LogP contribution in [-0.4, -0.2) is 41.2 Å². The fraction of sp³-hybridized carbons (Fsp3) is 0.250. The summed E-state index contributed by atoms with van der Waals surface area (Å²) in [5.74, 6) is 0.224. The molecule has 0 radical (unpaired) electrons. The predicted molar refractivity (Wildman–Crippen MR) is 107 cm³/mol. The van der Waals surface area contributed by atoms with Gasteiger partial charge in [0.15, 0.2) is 0 Å². The Bertz CT molecular complexity index is 939. The van der Waals surface area contributed by atoms with Crippen molar-refractivity contribution in [1.29, 1.82) is 0 Å². The van der Waals surface area contributed by atoms with Gasteiger partial charge in [0, 0.05) is 60.6 Å². The van der Waals surface area contributed by atoms with Gasteiger partial charge in [-0.3, -0.25) is 9.88 Å². The number of nitrogens with zero attached hydrogens (tertiary/aromatic N) is 3. The number of pyridine rings is 1. The second-order valence-electron chi connectivity index (χ2n) is 6.51. The number of piperazine rings is 1. The molecule has 0 unspecified atom stereocenters. The smallest absolute Gasteiger partial charge is 0.146 e. The lowest BCUT2D eigenvalue weighted by molar-refractivity contribution is 0.247. The number of halogens is 2. The summed E-state index contributed by atoms with van der Waals surface area (Å²) in [6.07, 6.45) is 1.67. The van der Waals surface area contributed by atoms with Crippen LogP contribution in [0.1, 0.15) is 5.56 Å². The molecule has 0 atom stereocenters. The van der Waals surface area contributed by atoms with Gasteiger partial charge in [0.2, 0.25) is 0 Å². The van der Waals surface area contributed by atoms with Gasteiger partial charge in [-0.2, -0.15) is 0 Å². The van der Waals surface area contributed by atoms with E-state index in [2.05, 4.69) is 20.9 Å². The van der Waals surface area contributed by atoms with E-state index in [0.29, 0.717) is 17.1 Å². The first-order chi connectivity index (χ1) is 12.6. The monoisotopic (exact) mass is 387 g/mol. The van der Waals surface area contributed by atoms with Crippen LogP contribution in [0, 0.1) is 0 Å². The lowest BCUT2D eigenvalue weighted by atomic mass is 10.1. The number of rotatable bonds is 3. The van der Waals surface area contributed by atoms with Crippen molar-refractivity contribution in [2.45, 2.75) is 6.54 Å². The molecule has 1 aliphatic heterocycles. The Morgan fingerprint density at radius 1 is 1.00 bits per heavy atom. The van der Waals surface area contributed by atoms with Crippen LogP contribution in [-0.2, 0) is 6.54 Å². The lowest BCUT2D eigenvalue weighted by Crippen LogP contribution is -2.45. The van der Waals surface area contributed by atoms with Gasteiger partial charge in [-0.25, -0.2) is 0 Å². The summed E-state index contributed by atoms with van der Waals surface area (Å²) in [6, 6.07) is 13.5. The van der Waals surface area contributed by atoms with E-state index < -0.39 is 0 Å². The molecule has 1 aliphatic rings. The molecule has 134 valence electrons. The lowest BCUT2D eigenvalue weighted by Gasteiger charge is -2.36. The van der Waals surface area contributed by atoms with E-state index >= 15 is 0 Å². The van der Waals surface area contributed by atoms with Gasteiger partial charge in [-0.15, -0.1) is 0 Å². The van der Waals surface area contributed by atoms with Crippen LogP contribution in [0.4, 0.5) is 5.69 Å². The molecule has 4 rings (SSSR count). The van der Waals surface area contributed by atoms with Gasteiger partial charge >= 0.3 is 0 Å². The molecule has 1 N–H and O–H groups in total. The highest BCUT2D eigenvalue weighted by Gasteiger charge is 2.20. The maximum atomic E-state index is 10.6. The molecule has 0 amide bonds.